The summed E-state index contributed by atoms with van der Waals surface area (Å²) in [5, 5.41) is 11.4. The van der Waals surface area contributed by atoms with E-state index >= 15 is 0 Å². The maximum atomic E-state index is 8.55. The minimum atomic E-state index is -0.0648. The molecule has 3 N–H and O–H groups in total. The molecule has 19 heavy (non-hydrogen) atoms. The minimum Gasteiger partial charge on any atom is -0.409 e. The molecule has 1 saturated heterocycles. The summed E-state index contributed by atoms with van der Waals surface area (Å²) in [6.45, 7) is 1.37. The van der Waals surface area contributed by atoms with Crippen LogP contribution in [0.5, 0.6) is 0 Å². The zero-order valence-electron chi connectivity index (χ0n) is 10.9. The Hall–Kier alpha value is -1.93. The van der Waals surface area contributed by atoms with Crippen molar-refractivity contribution in [1.29, 1.82) is 0 Å². The summed E-state index contributed by atoms with van der Waals surface area (Å²) in [5.74, 6) is 0.640. The Labute approximate surface area is 110 Å². The average molecular weight is 267 g/mol. The maximum absolute atomic E-state index is 8.55. The summed E-state index contributed by atoms with van der Waals surface area (Å²) in [6, 6.07) is 0. The molecule has 8 nitrogen and oxygen atoms in total. The molecule has 0 spiro atoms. The average Bonchev–Trinajstić information content (AvgIpc) is 2.89. The van der Waals surface area contributed by atoms with Crippen molar-refractivity contribution in [3.63, 3.8) is 0 Å². The number of ether oxygens (including phenoxy) is 2. The number of hydrogen-bond acceptors (Lipinski definition) is 7. The number of methoxy groups -OCH3 is 2. The Morgan fingerprint density at radius 2 is 1.95 bits per heavy atom. The second-order valence-electron chi connectivity index (χ2n) is 4.20. The first kappa shape index (κ1) is 13.5. The number of amidine groups is 1. The van der Waals surface area contributed by atoms with Gasteiger partial charge >= 0.3 is 0 Å². The van der Waals surface area contributed by atoms with Crippen LogP contribution in [0.1, 0.15) is 5.69 Å². The van der Waals surface area contributed by atoms with E-state index in [-0.39, 0.29) is 18.0 Å². The van der Waals surface area contributed by atoms with Crippen molar-refractivity contribution in [3.05, 3.63) is 18.1 Å². The third-order valence-corrected chi connectivity index (χ3v) is 3.15. The molecule has 1 aromatic rings. The Kier molecular flexibility index (Phi) is 4.13. The van der Waals surface area contributed by atoms with E-state index in [1.807, 2.05) is 4.90 Å². The Morgan fingerprint density at radius 3 is 2.37 bits per heavy atom. The van der Waals surface area contributed by atoms with Crippen LogP contribution < -0.4 is 10.6 Å². The summed E-state index contributed by atoms with van der Waals surface area (Å²) in [6.07, 6.45) is 3.07. The van der Waals surface area contributed by atoms with Crippen LogP contribution in [0.25, 0.3) is 0 Å². The van der Waals surface area contributed by atoms with Gasteiger partial charge in [0.25, 0.3) is 0 Å². The van der Waals surface area contributed by atoms with Crippen LogP contribution in [0.2, 0.25) is 0 Å². The molecule has 1 aliphatic rings. The first-order chi connectivity index (χ1) is 9.19. The van der Waals surface area contributed by atoms with E-state index in [0.717, 1.165) is 0 Å². The molecule has 2 unspecified atom stereocenters. The quantitative estimate of drug-likeness (QED) is 0.325. The molecule has 8 heteroatoms. The van der Waals surface area contributed by atoms with Gasteiger partial charge in [-0.3, -0.25) is 0 Å². The van der Waals surface area contributed by atoms with Gasteiger partial charge in [-0.15, -0.1) is 0 Å². The number of nitrogens with two attached hydrogens (primary N) is 1. The molecule has 1 fully saturated rings. The molecule has 0 radical (unpaired) electrons. The summed E-state index contributed by atoms with van der Waals surface area (Å²) in [5.41, 5.74) is 5.76. The van der Waals surface area contributed by atoms with E-state index in [9.17, 15) is 0 Å². The smallest absolute Gasteiger partial charge is 0.190 e. The SMILES string of the molecule is COC1CN(c2cnc(C(N)=NO)cn2)CC1OC. The molecule has 1 aliphatic heterocycles. The van der Waals surface area contributed by atoms with Gasteiger partial charge in [0.15, 0.2) is 5.84 Å². The second kappa shape index (κ2) is 5.81. The van der Waals surface area contributed by atoms with Crippen LogP contribution in [0.4, 0.5) is 5.82 Å². The topological polar surface area (TPSA) is 106 Å². The van der Waals surface area contributed by atoms with Gasteiger partial charge in [-0.2, -0.15) is 0 Å². The van der Waals surface area contributed by atoms with E-state index in [1.165, 1.54) is 6.20 Å². The molecule has 2 heterocycles. The van der Waals surface area contributed by atoms with Crippen LogP contribution in [-0.4, -0.2) is 60.5 Å². The van der Waals surface area contributed by atoms with Crippen molar-refractivity contribution in [2.75, 3.05) is 32.2 Å². The molecular formula is C11H17N5O3. The minimum absolute atomic E-state index is 0.00977. The van der Waals surface area contributed by atoms with E-state index in [4.69, 9.17) is 20.4 Å². The lowest BCUT2D eigenvalue weighted by Crippen LogP contribution is -2.27. The zero-order valence-corrected chi connectivity index (χ0v) is 10.9. The number of oxime groups is 1. The fraction of sp³-hybridized carbons (Fsp3) is 0.545. The molecule has 0 saturated carbocycles. The molecule has 0 amide bonds. The molecule has 0 aliphatic carbocycles. The van der Waals surface area contributed by atoms with Crippen molar-refractivity contribution < 1.29 is 14.7 Å². The third-order valence-electron chi connectivity index (χ3n) is 3.15. The van der Waals surface area contributed by atoms with E-state index in [1.54, 1.807) is 20.4 Å². The van der Waals surface area contributed by atoms with Crippen molar-refractivity contribution in [2.24, 2.45) is 10.9 Å². The monoisotopic (exact) mass is 267 g/mol. The highest BCUT2D eigenvalue weighted by Crippen LogP contribution is 2.20. The standard InChI is InChI=1S/C11H17N5O3/c1-18-8-5-16(6-9(8)19-2)10-4-13-7(3-14-10)11(12)15-17/h3-4,8-9,17H,5-6H2,1-2H3,(H2,12,15). The van der Waals surface area contributed by atoms with Gasteiger partial charge in [0.2, 0.25) is 0 Å². The summed E-state index contributed by atoms with van der Waals surface area (Å²) >= 11 is 0. The van der Waals surface area contributed by atoms with Crippen LogP contribution >= 0.6 is 0 Å². The highest BCUT2D eigenvalue weighted by atomic mass is 16.5. The number of hydrogen-bond donors (Lipinski definition) is 2. The predicted molar refractivity (Wildman–Crippen MR) is 68.3 cm³/mol. The normalized spacial score (nSPS) is 23.9. The second-order valence-corrected chi connectivity index (χ2v) is 4.20. The summed E-state index contributed by atoms with van der Waals surface area (Å²) in [7, 11) is 3.32. The highest BCUT2D eigenvalue weighted by molar-refractivity contribution is 5.94. The molecular weight excluding hydrogens is 250 g/mol. The molecule has 104 valence electrons. The highest BCUT2D eigenvalue weighted by Gasteiger charge is 2.33. The number of rotatable bonds is 4. The van der Waals surface area contributed by atoms with Crippen LogP contribution in [-0.2, 0) is 9.47 Å². The number of nitrogens with zero attached hydrogens (tertiary/aromatic N) is 4. The Bertz CT molecular complexity index is 438. The van der Waals surface area contributed by atoms with Gasteiger partial charge in [-0.25, -0.2) is 9.97 Å². The van der Waals surface area contributed by atoms with Gasteiger partial charge in [0.1, 0.15) is 23.7 Å². The number of aromatic nitrogens is 2. The lowest BCUT2D eigenvalue weighted by molar-refractivity contribution is -0.00461. The van der Waals surface area contributed by atoms with Gasteiger partial charge in [0.05, 0.1) is 12.4 Å². The Morgan fingerprint density at radius 1 is 1.32 bits per heavy atom. The molecule has 0 bridgehead atoms. The molecule has 2 rings (SSSR count). The van der Waals surface area contributed by atoms with E-state index < -0.39 is 0 Å². The third kappa shape index (κ3) is 2.74. The maximum Gasteiger partial charge on any atom is 0.190 e. The number of anilines is 1. The fourth-order valence-corrected chi connectivity index (χ4v) is 2.05. The molecule has 0 aromatic carbocycles. The van der Waals surface area contributed by atoms with Crippen LogP contribution in [0, 0.1) is 0 Å². The summed E-state index contributed by atoms with van der Waals surface area (Å²) in [4.78, 5) is 10.4. The van der Waals surface area contributed by atoms with Crippen molar-refractivity contribution in [3.8, 4) is 0 Å². The van der Waals surface area contributed by atoms with Gasteiger partial charge in [-0.05, 0) is 0 Å². The van der Waals surface area contributed by atoms with Crippen molar-refractivity contribution in [2.45, 2.75) is 12.2 Å². The van der Waals surface area contributed by atoms with E-state index in [0.29, 0.717) is 24.6 Å². The Balaban J connectivity index is 2.11. The molecule has 2 atom stereocenters. The van der Waals surface area contributed by atoms with Crippen LogP contribution in [0.15, 0.2) is 17.5 Å². The zero-order chi connectivity index (χ0) is 13.8. The van der Waals surface area contributed by atoms with Crippen molar-refractivity contribution in [1.82, 2.24) is 9.97 Å². The van der Waals surface area contributed by atoms with Gasteiger partial charge < -0.3 is 25.3 Å². The first-order valence-electron chi connectivity index (χ1n) is 5.80. The first-order valence-corrected chi connectivity index (χ1v) is 5.80. The van der Waals surface area contributed by atoms with E-state index in [2.05, 4.69) is 15.1 Å². The predicted octanol–water partition coefficient (Wildman–Crippen LogP) is -0.579. The van der Waals surface area contributed by atoms with Gasteiger partial charge in [0, 0.05) is 27.3 Å². The summed E-state index contributed by atoms with van der Waals surface area (Å²) < 4.78 is 10.7. The van der Waals surface area contributed by atoms with Gasteiger partial charge in [-0.1, -0.05) is 5.16 Å². The van der Waals surface area contributed by atoms with Crippen LogP contribution in [0.3, 0.4) is 0 Å². The largest absolute Gasteiger partial charge is 0.409 e. The lowest BCUT2D eigenvalue weighted by atomic mass is 10.3. The lowest BCUT2D eigenvalue weighted by Gasteiger charge is -2.16. The fourth-order valence-electron chi connectivity index (χ4n) is 2.05. The molecule has 1 aromatic heterocycles. The van der Waals surface area contributed by atoms with Crippen molar-refractivity contribution >= 4 is 11.7 Å².